The van der Waals surface area contributed by atoms with Crippen LogP contribution >= 0.6 is 0 Å². The normalized spacial score (nSPS) is 10.3. The lowest BCUT2D eigenvalue weighted by Crippen LogP contribution is -1.95. The van der Waals surface area contributed by atoms with E-state index in [0.29, 0.717) is 12.0 Å². The van der Waals surface area contributed by atoms with Gasteiger partial charge in [0.1, 0.15) is 0 Å². The minimum Gasteiger partial charge on any atom is -0.204 e. The van der Waals surface area contributed by atoms with Crippen LogP contribution in [0.3, 0.4) is 0 Å². The summed E-state index contributed by atoms with van der Waals surface area (Å²) in [5.74, 6) is -1.54. The smallest absolute Gasteiger partial charge is 0.162 e. The van der Waals surface area contributed by atoms with Crippen molar-refractivity contribution >= 4 is 0 Å². The standard InChI is InChI=1S/C13H10F2/c14-12-8-4-7-11(13(12)15)9-10-5-2-1-3-6-10/h1-8H,9H2. The van der Waals surface area contributed by atoms with Crippen LogP contribution in [0.25, 0.3) is 0 Å². The Labute approximate surface area is 87.2 Å². The molecule has 0 aliphatic rings. The van der Waals surface area contributed by atoms with Crippen molar-refractivity contribution in [3.63, 3.8) is 0 Å². The molecule has 2 aromatic carbocycles. The summed E-state index contributed by atoms with van der Waals surface area (Å²) in [6.07, 6.45) is 0.421. The van der Waals surface area contributed by atoms with Gasteiger partial charge in [-0.1, -0.05) is 42.5 Å². The average molecular weight is 204 g/mol. The molecule has 0 bridgehead atoms. The quantitative estimate of drug-likeness (QED) is 0.701. The molecule has 2 heteroatoms. The van der Waals surface area contributed by atoms with E-state index in [4.69, 9.17) is 0 Å². The van der Waals surface area contributed by atoms with E-state index in [9.17, 15) is 8.78 Å². The molecule has 76 valence electrons. The van der Waals surface area contributed by atoms with Crippen LogP contribution < -0.4 is 0 Å². The van der Waals surface area contributed by atoms with Gasteiger partial charge in [0.05, 0.1) is 0 Å². The lowest BCUT2D eigenvalue weighted by Gasteiger charge is -2.03. The highest BCUT2D eigenvalue weighted by Gasteiger charge is 2.07. The Morgan fingerprint density at radius 2 is 1.53 bits per heavy atom. The third-order valence-electron chi connectivity index (χ3n) is 2.27. The minimum absolute atomic E-state index is 0.390. The van der Waals surface area contributed by atoms with E-state index >= 15 is 0 Å². The Morgan fingerprint density at radius 1 is 0.800 bits per heavy atom. The van der Waals surface area contributed by atoms with Crippen LogP contribution in [-0.2, 0) is 6.42 Å². The molecule has 0 radical (unpaired) electrons. The molecule has 0 aliphatic carbocycles. The summed E-state index contributed by atoms with van der Waals surface area (Å²) in [5, 5.41) is 0. The van der Waals surface area contributed by atoms with Gasteiger partial charge in [0.25, 0.3) is 0 Å². The largest absolute Gasteiger partial charge is 0.204 e. The predicted octanol–water partition coefficient (Wildman–Crippen LogP) is 3.56. The van der Waals surface area contributed by atoms with Gasteiger partial charge in [-0.25, -0.2) is 8.78 Å². The molecule has 0 heterocycles. The highest BCUT2D eigenvalue weighted by atomic mass is 19.2. The molecule has 0 aromatic heterocycles. The molecule has 2 aromatic rings. The first-order valence-corrected chi connectivity index (χ1v) is 4.74. The van der Waals surface area contributed by atoms with E-state index in [-0.39, 0.29) is 0 Å². The van der Waals surface area contributed by atoms with Crippen molar-refractivity contribution < 1.29 is 8.78 Å². The molecule has 0 N–H and O–H groups in total. The second-order valence-corrected chi connectivity index (χ2v) is 3.38. The van der Waals surface area contributed by atoms with Gasteiger partial charge in [-0.15, -0.1) is 0 Å². The Hall–Kier alpha value is -1.70. The van der Waals surface area contributed by atoms with E-state index in [2.05, 4.69) is 0 Å². The van der Waals surface area contributed by atoms with E-state index in [1.807, 2.05) is 30.3 Å². The van der Waals surface area contributed by atoms with Crippen LogP contribution in [0.5, 0.6) is 0 Å². The number of rotatable bonds is 2. The van der Waals surface area contributed by atoms with Crippen LogP contribution in [0.1, 0.15) is 11.1 Å². The van der Waals surface area contributed by atoms with Crippen LogP contribution in [0.15, 0.2) is 48.5 Å². The Morgan fingerprint density at radius 3 is 2.27 bits per heavy atom. The molecular formula is C13H10F2. The Balaban J connectivity index is 2.29. The van der Waals surface area contributed by atoms with Gasteiger partial charge >= 0.3 is 0 Å². The zero-order chi connectivity index (χ0) is 10.7. The molecule has 0 fully saturated rings. The summed E-state index contributed by atoms with van der Waals surface area (Å²) >= 11 is 0. The van der Waals surface area contributed by atoms with E-state index in [1.54, 1.807) is 6.07 Å². The maximum Gasteiger partial charge on any atom is 0.162 e. The minimum atomic E-state index is -0.788. The summed E-state index contributed by atoms with van der Waals surface area (Å²) in [5.41, 5.74) is 1.36. The molecule has 0 amide bonds. The van der Waals surface area contributed by atoms with Gasteiger partial charge in [-0.2, -0.15) is 0 Å². The fourth-order valence-corrected chi connectivity index (χ4v) is 1.50. The molecular weight excluding hydrogens is 194 g/mol. The van der Waals surface area contributed by atoms with E-state index < -0.39 is 11.6 Å². The van der Waals surface area contributed by atoms with Gasteiger partial charge in [-0.05, 0) is 17.2 Å². The van der Waals surface area contributed by atoms with E-state index in [0.717, 1.165) is 11.6 Å². The first-order valence-electron chi connectivity index (χ1n) is 4.74. The van der Waals surface area contributed by atoms with Gasteiger partial charge in [-0.3, -0.25) is 0 Å². The monoisotopic (exact) mass is 204 g/mol. The highest BCUT2D eigenvalue weighted by Crippen LogP contribution is 2.15. The van der Waals surface area contributed by atoms with Crippen LogP contribution in [0.2, 0.25) is 0 Å². The number of benzene rings is 2. The summed E-state index contributed by atoms with van der Waals surface area (Å²) < 4.78 is 26.2. The van der Waals surface area contributed by atoms with Crippen molar-refractivity contribution in [1.82, 2.24) is 0 Å². The molecule has 15 heavy (non-hydrogen) atoms. The van der Waals surface area contributed by atoms with Gasteiger partial charge in [0, 0.05) is 6.42 Å². The van der Waals surface area contributed by atoms with Crippen molar-refractivity contribution in [3.05, 3.63) is 71.3 Å². The van der Waals surface area contributed by atoms with Crippen molar-refractivity contribution in [2.24, 2.45) is 0 Å². The van der Waals surface area contributed by atoms with Crippen molar-refractivity contribution in [2.45, 2.75) is 6.42 Å². The molecule has 0 spiro atoms. The topological polar surface area (TPSA) is 0 Å². The number of hydrogen-bond acceptors (Lipinski definition) is 0. The lowest BCUT2D eigenvalue weighted by molar-refractivity contribution is 0.501. The second kappa shape index (κ2) is 4.22. The Kier molecular flexibility index (Phi) is 2.77. The number of hydrogen-bond donors (Lipinski definition) is 0. The van der Waals surface area contributed by atoms with Gasteiger partial charge in [0.15, 0.2) is 11.6 Å². The molecule has 0 aliphatic heterocycles. The van der Waals surface area contributed by atoms with Crippen LogP contribution in [0.4, 0.5) is 8.78 Å². The van der Waals surface area contributed by atoms with Gasteiger partial charge < -0.3 is 0 Å². The van der Waals surface area contributed by atoms with E-state index in [1.165, 1.54) is 6.07 Å². The maximum absolute atomic E-state index is 13.3. The zero-order valence-corrected chi connectivity index (χ0v) is 8.08. The third kappa shape index (κ3) is 2.21. The molecule has 0 saturated carbocycles. The zero-order valence-electron chi connectivity index (χ0n) is 8.08. The molecule has 0 atom stereocenters. The SMILES string of the molecule is Fc1cccc(Cc2ccccc2)c1F. The predicted molar refractivity (Wildman–Crippen MR) is 55.6 cm³/mol. The maximum atomic E-state index is 13.3. The summed E-state index contributed by atoms with van der Waals surface area (Å²) in [6, 6.07) is 13.7. The first kappa shape index (κ1) is 9.84. The van der Waals surface area contributed by atoms with Crippen molar-refractivity contribution in [3.8, 4) is 0 Å². The Bertz CT molecular complexity index is 449. The lowest BCUT2D eigenvalue weighted by atomic mass is 10.0. The van der Waals surface area contributed by atoms with Crippen LogP contribution in [-0.4, -0.2) is 0 Å². The summed E-state index contributed by atoms with van der Waals surface area (Å²) in [6.45, 7) is 0. The van der Waals surface area contributed by atoms with Gasteiger partial charge in [0.2, 0.25) is 0 Å². The fraction of sp³-hybridized carbons (Fsp3) is 0.0769. The summed E-state index contributed by atoms with van der Waals surface area (Å²) in [7, 11) is 0. The average Bonchev–Trinajstić information content (AvgIpc) is 2.26. The second-order valence-electron chi connectivity index (χ2n) is 3.38. The van der Waals surface area contributed by atoms with Crippen molar-refractivity contribution in [2.75, 3.05) is 0 Å². The summed E-state index contributed by atoms with van der Waals surface area (Å²) in [4.78, 5) is 0. The van der Waals surface area contributed by atoms with Crippen LogP contribution in [0, 0.1) is 11.6 Å². The van der Waals surface area contributed by atoms with Crippen molar-refractivity contribution in [1.29, 1.82) is 0 Å². The molecule has 2 rings (SSSR count). The molecule has 0 unspecified atom stereocenters. The highest BCUT2D eigenvalue weighted by molar-refractivity contribution is 5.27. The molecule has 0 saturated heterocycles. The first-order chi connectivity index (χ1) is 7.27. The number of halogens is 2. The fourth-order valence-electron chi connectivity index (χ4n) is 1.50. The molecule has 0 nitrogen and oxygen atoms in total. The third-order valence-corrected chi connectivity index (χ3v) is 2.27.